The summed E-state index contributed by atoms with van der Waals surface area (Å²) in [5.74, 6) is 0.625. The molecule has 0 aliphatic carbocycles. The molecule has 0 atom stereocenters. The van der Waals surface area contributed by atoms with Gasteiger partial charge in [-0.3, -0.25) is 4.90 Å². The van der Waals surface area contributed by atoms with Crippen molar-refractivity contribution in [2.24, 2.45) is 0 Å². The van der Waals surface area contributed by atoms with Crippen LogP contribution in [-0.4, -0.2) is 64.0 Å². The van der Waals surface area contributed by atoms with Gasteiger partial charge in [-0.1, -0.05) is 11.6 Å². The molecule has 1 aliphatic rings. The number of halogens is 1. The maximum atomic E-state index is 5.95. The Morgan fingerprint density at radius 1 is 1.11 bits per heavy atom. The van der Waals surface area contributed by atoms with Crippen molar-refractivity contribution in [3.05, 3.63) is 53.9 Å². The zero-order valence-electron chi connectivity index (χ0n) is 14.9. The summed E-state index contributed by atoms with van der Waals surface area (Å²) in [6, 6.07) is 9.44. The minimum Gasteiger partial charge on any atom is -0.379 e. The van der Waals surface area contributed by atoms with Crippen LogP contribution >= 0.6 is 11.6 Å². The molecule has 0 saturated carbocycles. The second-order valence-corrected chi connectivity index (χ2v) is 6.73. The molecular weight excluding hydrogens is 364 g/mol. The lowest BCUT2D eigenvalue weighted by atomic mass is 10.2. The third-order valence-corrected chi connectivity index (χ3v) is 4.69. The van der Waals surface area contributed by atoms with Crippen LogP contribution in [0.2, 0.25) is 5.02 Å². The van der Waals surface area contributed by atoms with E-state index in [9.17, 15) is 0 Å². The summed E-state index contributed by atoms with van der Waals surface area (Å²) in [5, 5.41) is 8.42. The summed E-state index contributed by atoms with van der Waals surface area (Å²) in [4.78, 5) is 11.3. The van der Waals surface area contributed by atoms with Crippen molar-refractivity contribution in [3.63, 3.8) is 0 Å². The molecule has 140 valence electrons. The summed E-state index contributed by atoms with van der Waals surface area (Å²) >= 11 is 5.95. The maximum absolute atomic E-state index is 5.95. The predicted octanol–water partition coefficient (Wildman–Crippen LogP) is 2.73. The van der Waals surface area contributed by atoms with Crippen molar-refractivity contribution < 1.29 is 4.74 Å². The number of hydrogen-bond donors (Lipinski definition) is 1. The smallest absolute Gasteiger partial charge is 0.223 e. The largest absolute Gasteiger partial charge is 0.379 e. The fourth-order valence-electron chi connectivity index (χ4n) is 2.95. The first kappa shape index (κ1) is 17.9. The van der Waals surface area contributed by atoms with E-state index < -0.39 is 0 Å². The van der Waals surface area contributed by atoms with Gasteiger partial charge in [0.15, 0.2) is 0 Å². The van der Waals surface area contributed by atoms with E-state index in [-0.39, 0.29) is 0 Å². The van der Waals surface area contributed by atoms with Crippen LogP contribution in [0.25, 0.3) is 16.9 Å². The fourth-order valence-corrected chi connectivity index (χ4v) is 3.07. The maximum Gasteiger partial charge on any atom is 0.223 e. The number of morpholine rings is 1. The lowest BCUT2D eigenvalue weighted by Gasteiger charge is -2.26. The Balaban J connectivity index is 1.40. The summed E-state index contributed by atoms with van der Waals surface area (Å²) in [6.07, 6.45) is 5.51. The molecule has 0 radical (unpaired) electrons. The predicted molar refractivity (Wildman–Crippen MR) is 105 cm³/mol. The molecule has 1 aliphatic heterocycles. The van der Waals surface area contributed by atoms with E-state index in [1.165, 1.54) is 0 Å². The molecule has 7 nitrogen and oxygen atoms in total. The number of nitrogens with zero attached hydrogens (tertiary/aromatic N) is 5. The Bertz CT molecular complexity index is 876. The quantitative estimate of drug-likeness (QED) is 0.704. The SMILES string of the molecule is Clc1ccc(-n2cc(-c3ccnc(NCCN4CCOCC4)n3)cn2)cc1. The molecule has 27 heavy (non-hydrogen) atoms. The van der Waals surface area contributed by atoms with E-state index in [1.54, 1.807) is 17.1 Å². The molecule has 1 aromatic carbocycles. The highest BCUT2D eigenvalue weighted by molar-refractivity contribution is 6.30. The van der Waals surface area contributed by atoms with Crippen molar-refractivity contribution in [1.82, 2.24) is 24.6 Å². The molecule has 0 bridgehead atoms. The summed E-state index contributed by atoms with van der Waals surface area (Å²) in [7, 11) is 0. The minimum atomic E-state index is 0.625. The van der Waals surface area contributed by atoms with E-state index in [0.29, 0.717) is 11.0 Å². The van der Waals surface area contributed by atoms with Gasteiger partial charge in [0.05, 0.1) is 30.8 Å². The highest BCUT2D eigenvalue weighted by Crippen LogP contribution is 2.19. The number of ether oxygens (including phenoxy) is 1. The molecule has 4 rings (SSSR count). The first-order valence-electron chi connectivity index (χ1n) is 8.96. The Morgan fingerprint density at radius 3 is 2.74 bits per heavy atom. The topological polar surface area (TPSA) is 68.1 Å². The van der Waals surface area contributed by atoms with Gasteiger partial charge in [-0.25, -0.2) is 14.6 Å². The highest BCUT2D eigenvalue weighted by Gasteiger charge is 2.10. The number of hydrogen-bond acceptors (Lipinski definition) is 6. The van der Waals surface area contributed by atoms with Crippen LogP contribution in [0.3, 0.4) is 0 Å². The lowest BCUT2D eigenvalue weighted by Crippen LogP contribution is -2.39. The normalized spacial score (nSPS) is 15.0. The van der Waals surface area contributed by atoms with E-state index in [4.69, 9.17) is 16.3 Å². The molecule has 3 aromatic rings. The Kier molecular flexibility index (Phi) is 5.62. The van der Waals surface area contributed by atoms with Crippen molar-refractivity contribution in [2.75, 3.05) is 44.7 Å². The molecule has 1 N–H and O–H groups in total. The van der Waals surface area contributed by atoms with Crippen molar-refractivity contribution in [3.8, 4) is 16.9 Å². The van der Waals surface area contributed by atoms with Gasteiger partial charge in [0.2, 0.25) is 5.95 Å². The zero-order valence-corrected chi connectivity index (χ0v) is 15.6. The van der Waals surface area contributed by atoms with Gasteiger partial charge in [-0.05, 0) is 30.3 Å². The van der Waals surface area contributed by atoms with Crippen LogP contribution in [0.1, 0.15) is 0 Å². The van der Waals surface area contributed by atoms with Gasteiger partial charge in [0, 0.05) is 49.2 Å². The molecule has 0 amide bonds. The number of rotatable bonds is 6. The van der Waals surface area contributed by atoms with Crippen LogP contribution in [0, 0.1) is 0 Å². The Morgan fingerprint density at radius 2 is 1.93 bits per heavy atom. The van der Waals surface area contributed by atoms with Crippen molar-refractivity contribution in [2.45, 2.75) is 0 Å². The van der Waals surface area contributed by atoms with E-state index in [2.05, 4.69) is 25.3 Å². The minimum absolute atomic E-state index is 0.625. The molecular formula is C19H21ClN6O. The molecule has 8 heteroatoms. The van der Waals surface area contributed by atoms with Crippen LogP contribution in [0.15, 0.2) is 48.9 Å². The van der Waals surface area contributed by atoms with Crippen LogP contribution in [0.4, 0.5) is 5.95 Å². The van der Waals surface area contributed by atoms with Crippen molar-refractivity contribution >= 4 is 17.5 Å². The monoisotopic (exact) mass is 384 g/mol. The first-order valence-corrected chi connectivity index (χ1v) is 9.34. The average molecular weight is 385 g/mol. The average Bonchev–Trinajstić information content (AvgIpc) is 3.20. The lowest BCUT2D eigenvalue weighted by molar-refractivity contribution is 0.0398. The second-order valence-electron chi connectivity index (χ2n) is 6.30. The second kappa shape index (κ2) is 8.47. The first-order chi connectivity index (χ1) is 13.3. The van der Waals surface area contributed by atoms with Gasteiger partial charge in [0.25, 0.3) is 0 Å². The van der Waals surface area contributed by atoms with Gasteiger partial charge < -0.3 is 10.1 Å². The molecule has 3 heterocycles. The van der Waals surface area contributed by atoms with E-state index in [1.807, 2.05) is 36.5 Å². The number of nitrogens with one attached hydrogen (secondary N) is 1. The zero-order chi connectivity index (χ0) is 18.5. The number of anilines is 1. The van der Waals surface area contributed by atoms with E-state index in [0.717, 1.165) is 56.3 Å². The van der Waals surface area contributed by atoms with Gasteiger partial charge in [-0.15, -0.1) is 0 Å². The molecule has 1 fully saturated rings. The standard InChI is InChI=1S/C19H21ClN6O/c20-16-1-3-17(4-2-16)26-14-15(13-23-26)18-5-6-21-19(24-18)22-7-8-25-9-11-27-12-10-25/h1-6,13-14H,7-12H2,(H,21,22,24). The van der Waals surface area contributed by atoms with Crippen LogP contribution in [-0.2, 0) is 4.74 Å². The number of benzene rings is 1. The Hall–Kier alpha value is -2.48. The van der Waals surface area contributed by atoms with Gasteiger partial charge in [-0.2, -0.15) is 5.10 Å². The summed E-state index contributed by atoms with van der Waals surface area (Å²) < 4.78 is 7.17. The molecule has 0 unspecified atom stereocenters. The number of aromatic nitrogens is 4. The van der Waals surface area contributed by atoms with Gasteiger partial charge in [0.1, 0.15) is 0 Å². The van der Waals surface area contributed by atoms with Gasteiger partial charge >= 0.3 is 0 Å². The molecule has 0 spiro atoms. The molecule has 1 saturated heterocycles. The van der Waals surface area contributed by atoms with Crippen molar-refractivity contribution in [1.29, 1.82) is 0 Å². The summed E-state index contributed by atoms with van der Waals surface area (Å²) in [6.45, 7) is 5.32. The summed E-state index contributed by atoms with van der Waals surface area (Å²) in [5.41, 5.74) is 2.71. The third-order valence-electron chi connectivity index (χ3n) is 4.44. The third kappa shape index (κ3) is 4.63. The Labute approximate surface area is 163 Å². The molecule has 2 aromatic heterocycles. The van der Waals surface area contributed by atoms with E-state index >= 15 is 0 Å². The highest BCUT2D eigenvalue weighted by atomic mass is 35.5. The fraction of sp³-hybridized carbons (Fsp3) is 0.316. The van der Waals surface area contributed by atoms with Crippen LogP contribution in [0.5, 0.6) is 0 Å². The van der Waals surface area contributed by atoms with Crippen LogP contribution < -0.4 is 5.32 Å².